The lowest BCUT2D eigenvalue weighted by atomic mass is 9.92. The van der Waals surface area contributed by atoms with Crippen LogP contribution in [-0.4, -0.2) is 29.6 Å². The van der Waals surface area contributed by atoms with Crippen molar-refractivity contribution >= 4 is 22.6 Å². The fraction of sp³-hybridized carbons (Fsp3) is 0.222. The van der Waals surface area contributed by atoms with Crippen LogP contribution in [0.5, 0.6) is 5.75 Å². The number of ether oxygens (including phenoxy) is 1. The smallest absolute Gasteiger partial charge is 0.322 e. The molecule has 5 rings (SSSR count). The maximum Gasteiger partial charge on any atom is 0.322 e. The lowest BCUT2D eigenvalue weighted by Crippen LogP contribution is -2.43. The molecule has 1 atom stereocenters. The van der Waals surface area contributed by atoms with E-state index in [2.05, 4.69) is 10.3 Å². The number of rotatable bonds is 3. The molecule has 168 valence electrons. The van der Waals surface area contributed by atoms with Crippen LogP contribution in [0.25, 0.3) is 10.9 Å². The molecule has 6 heteroatoms. The molecular weight excluding hydrogens is 417 g/mol. The fourth-order valence-corrected chi connectivity index (χ4v) is 4.66. The second-order valence-corrected chi connectivity index (χ2v) is 8.57. The van der Waals surface area contributed by atoms with Crippen molar-refractivity contribution in [1.82, 2.24) is 9.88 Å². The van der Waals surface area contributed by atoms with E-state index in [1.165, 1.54) is 12.1 Å². The Hall–Kier alpha value is -3.80. The number of amides is 2. The van der Waals surface area contributed by atoms with Crippen LogP contribution in [0.2, 0.25) is 0 Å². The third-order valence-corrected chi connectivity index (χ3v) is 6.42. The summed E-state index contributed by atoms with van der Waals surface area (Å²) in [5.74, 6) is 0.486. The number of H-pyrrole nitrogens is 1. The molecule has 0 saturated carbocycles. The summed E-state index contributed by atoms with van der Waals surface area (Å²) in [5.41, 5.74) is 6.84. The second kappa shape index (κ2) is 8.28. The SMILES string of the molecule is COc1ccc2[nH]c3c(c2c1)CCN(C(=O)Nc1cc(C)ccc1C)[C@H]3c1ccc(F)cc1. The van der Waals surface area contributed by atoms with Crippen LogP contribution < -0.4 is 10.1 Å². The van der Waals surface area contributed by atoms with E-state index < -0.39 is 0 Å². The van der Waals surface area contributed by atoms with Crippen molar-refractivity contribution in [3.8, 4) is 5.75 Å². The number of urea groups is 1. The second-order valence-electron chi connectivity index (χ2n) is 8.57. The first-order valence-electron chi connectivity index (χ1n) is 11.0. The average Bonchev–Trinajstić information content (AvgIpc) is 3.19. The van der Waals surface area contributed by atoms with Crippen molar-refractivity contribution in [1.29, 1.82) is 0 Å². The average molecular weight is 444 g/mol. The summed E-state index contributed by atoms with van der Waals surface area (Å²) >= 11 is 0. The first kappa shape index (κ1) is 21.1. The summed E-state index contributed by atoms with van der Waals surface area (Å²) in [7, 11) is 1.65. The maximum atomic E-state index is 13.7. The number of halogens is 1. The van der Waals surface area contributed by atoms with Crippen molar-refractivity contribution < 1.29 is 13.9 Å². The molecule has 1 aromatic heterocycles. The van der Waals surface area contributed by atoms with Gasteiger partial charge in [0.15, 0.2) is 0 Å². The summed E-state index contributed by atoms with van der Waals surface area (Å²) < 4.78 is 19.1. The Morgan fingerprint density at radius 2 is 1.88 bits per heavy atom. The van der Waals surface area contributed by atoms with Gasteiger partial charge < -0.3 is 19.9 Å². The molecule has 0 radical (unpaired) electrons. The standard InChI is InChI=1S/C27H26FN3O2/c1-16-4-5-17(2)24(14-16)30-27(32)31-13-12-21-22-15-20(33-3)10-11-23(22)29-25(21)26(31)18-6-8-19(28)9-7-18/h4-11,14-15,26,29H,12-13H2,1-3H3,(H,30,32)/t26-/m0/s1. The first-order chi connectivity index (χ1) is 15.9. The largest absolute Gasteiger partial charge is 0.497 e. The molecular formula is C27H26FN3O2. The zero-order chi connectivity index (χ0) is 23.1. The van der Waals surface area contributed by atoms with Gasteiger partial charge in [-0.2, -0.15) is 0 Å². The van der Waals surface area contributed by atoms with Gasteiger partial charge in [0.2, 0.25) is 0 Å². The van der Waals surface area contributed by atoms with E-state index in [9.17, 15) is 9.18 Å². The number of aromatic amines is 1. The highest BCUT2D eigenvalue weighted by molar-refractivity contribution is 5.92. The number of hydrogen-bond donors (Lipinski definition) is 2. The Balaban J connectivity index is 1.59. The number of carbonyl (C=O) groups is 1. The van der Waals surface area contributed by atoms with E-state index in [0.29, 0.717) is 13.0 Å². The Morgan fingerprint density at radius 3 is 2.64 bits per heavy atom. The molecule has 1 aliphatic rings. The zero-order valence-corrected chi connectivity index (χ0v) is 18.9. The Morgan fingerprint density at radius 1 is 1.09 bits per heavy atom. The van der Waals surface area contributed by atoms with Gasteiger partial charge in [0, 0.05) is 28.8 Å². The molecule has 2 N–H and O–H groups in total. The van der Waals surface area contributed by atoms with E-state index in [4.69, 9.17) is 4.74 Å². The summed E-state index contributed by atoms with van der Waals surface area (Å²) in [6.45, 7) is 4.52. The van der Waals surface area contributed by atoms with Crippen molar-refractivity contribution in [2.24, 2.45) is 0 Å². The van der Waals surface area contributed by atoms with E-state index in [1.54, 1.807) is 19.2 Å². The van der Waals surface area contributed by atoms with Gasteiger partial charge in [0.1, 0.15) is 11.6 Å². The van der Waals surface area contributed by atoms with Crippen molar-refractivity contribution in [3.05, 3.63) is 94.4 Å². The molecule has 0 aliphatic carbocycles. The Kier molecular flexibility index (Phi) is 5.29. The quantitative estimate of drug-likeness (QED) is 0.401. The summed E-state index contributed by atoms with van der Waals surface area (Å²) in [4.78, 5) is 18.9. The Bertz CT molecular complexity index is 1340. The maximum absolute atomic E-state index is 13.7. The minimum atomic E-state index is -0.363. The molecule has 0 bridgehead atoms. The van der Waals surface area contributed by atoms with Crippen LogP contribution in [-0.2, 0) is 6.42 Å². The lowest BCUT2D eigenvalue weighted by molar-refractivity contribution is 0.193. The molecule has 33 heavy (non-hydrogen) atoms. The number of anilines is 1. The number of hydrogen-bond acceptors (Lipinski definition) is 2. The predicted molar refractivity (Wildman–Crippen MR) is 128 cm³/mol. The van der Waals surface area contributed by atoms with Crippen LogP contribution >= 0.6 is 0 Å². The lowest BCUT2D eigenvalue weighted by Gasteiger charge is -2.36. The number of carbonyl (C=O) groups excluding carboxylic acids is 1. The number of aryl methyl sites for hydroxylation is 2. The van der Waals surface area contributed by atoms with Crippen LogP contribution in [0.15, 0.2) is 60.7 Å². The van der Waals surface area contributed by atoms with Crippen LogP contribution in [0.3, 0.4) is 0 Å². The minimum absolute atomic E-state index is 0.181. The molecule has 0 spiro atoms. The molecule has 0 fully saturated rings. The van der Waals surface area contributed by atoms with Gasteiger partial charge in [0.25, 0.3) is 0 Å². The third kappa shape index (κ3) is 3.82. The third-order valence-electron chi connectivity index (χ3n) is 6.42. The number of fused-ring (bicyclic) bond motifs is 3. The van der Waals surface area contributed by atoms with E-state index >= 15 is 0 Å². The van der Waals surface area contributed by atoms with Gasteiger partial charge in [-0.25, -0.2) is 9.18 Å². The van der Waals surface area contributed by atoms with Crippen molar-refractivity contribution in [2.75, 3.05) is 19.0 Å². The van der Waals surface area contributed by atoms with E-state index in [-0.39, 0.29) is 17.9 Å². The zero-order valence-electron chi connectivity index (χ0n) is 18.9. The predicted octanol–water partition coefficient (Wildman–Crippen LogP) is 6.11. The number of methoxy groups -OCH3 is 1. The molecule has 3 aromatic carbocycles. The molecule has 5 nitrogen and oxygen atoms in total. The van der Waals surface area contributed by atoms with Gasteiger partial charge >= 0.3 is 6.03 Å². The van der Waals surface area contributed by atoms with E-state index in [1.807, 2.05) is 55.1 Å². The number of aromatic nitrogens is 1. The number of nitrogens with one attached hydrogen (secondary N) is 2. The molecule has 4 aromatic rings. The molecule has 1 aliphatic heterocycles. The summed E-state index contributed by atoms with van der Waals surface area (Å²) in [6, 6.07) is 17.8. The van der Waals surface area contributed by atoms with Crippen molar-refractivity contribution in [2.45, 2.75) is 26.3 Å². The van der Waals surface area contributed by atoms with Gasteiger partial charge in [-0.3, -0.25) is 0 Å². The highest BCUT2D eigenvalue weighted by Gasteiger charge is 2.35. The number of benzene rings is 3. The minimum Gasteiger partial charge on any atom is -0.497 e. The number of nitrogens with zero attached hydrogens (tertiary/aromatic N) is 1. The van der Waals surface area contributed by atoms with Crippen LogP contribution in [0.1, 0.15) is 34.0 Å². The van der Waals surface area contributed by atoms with Gasteiger partial charge in [-0.15, -0.1) is 0 Å². The molecule has 0 saturated heterocycles. The van der Waals surface area contributed by atoms with Crippen molar-refractivity contribution in [3.63, 3.8) is 0 Å². The molecule has 2 heterocycles. The normalized spacial score (nSPS) is 15.4. The van der Waals surface area contributed by atoms with E-state index in [0.717, 1.165) is 50.3 Å². The van der Waals surface area contributed by atoms with Crippen LogP contribution in [0.4, 0.5) is 14.9 Å². The Labute approximate surface area is 192 Å². The van der Waals surface area contributed by atoms with Crippen LogP contribution in [0, 0.1) is 19.7 Å². The monoisotopic (exact) mass is 443 g/mol. The summed E-state index contributed by atoms with van der Waals surface area (Å²) in [6.07, 6.45) is 0.709. The summed E-state index contributed by atoms with van der Waals surface area (Å²) in [5, 5.41) is 4.18. The highest BCUT2D eigenvalue weighted by Crippen LogP contribution is 2.39. The highest BCUT2D eigenvalue weighted by atomic mass is 19.1. The van der Waals surface area contributed by atoms with Gasteiger partial charge in [0.05, 0.1) is 13.2 Å². The topological polar surface area (TPSA) is 57.4 Å². The molecule has 2 amide bonds. The molecule has 0 unspecified atom stereocenters. The fourth-order valence-electron chi connectivity index (χ4n) is 4.66. The van der Waals surface area contributed by atoms with Gasteiger partial charge in [-0.05, 0) is 78.9 Å². The van der Waals surface area contributed by atoms with Gasteiger partial charge in [-0.1, -0.05) is 24.3 Å². The first-order valence-corrected chi connectivity index (χ1v) is 11.0.